The Bertz CT molecular complexity index is 443. The van der Waals surface area contributed by atoms with Gasteiger partial charge in [-0.3, -0.25) is 0 Å². The number of benzene rings is 1. The molecule has 0 heterocycles. The molecule has 0 saturated heterocycles. The van der Waals surface area contributed by atoms with Gasteiger partial charge in [0.25, 0.3) is 0 Å². The molecule has 0 radical (unpaired) electrons. The molecule has 2 rings (SSSR count). The maximum absolute atomic E-state index is 12.5. The van der Waals surface area contributed by atoms with Crippen molar-refractivity contribution in [3.05, 3.63) is 41.0 Å². The fourth-order valence-corrected chi connectivity index (χ4v) is 2.35. The molecule has 0 spiro atoms. The van der Waals surface area contributed by atoms with Crippen molar-refractivity contribution in [2.45, 2.75) is 31.9 Å². The lowest BCUT2D eigenvalue weighted by Gasteiger charge is -2.19. The Labute approximate surface area is 104 Å². The van der Waals surface area contributed by atoms with Crippen LogP contribution in [0.1, 0.15) is 36.8 Å². The fourth-order valence-electron chi connectivity index (χ4n) is 2.35. The largest absolute Gasteiger partial charge is 0.416 e. The first-order valence-corrected chi connectivity index (χ1v) is 6.02. The van der Waals surface area contributed by atoms with Gasteiger partial charge < -0.3 is 5.11 Å². The summed E-state index contributed by atoms with van der Waals surface area (Å²) in [6.07, 6.45) is -0.548. The van der Waals surface area contributed by atoms with Crippen LogP contribution in [0.4, 0.5) is 13.2 Å². The Hall–Kier alpha value is -1.29. The van der Waals surface area contributed by atoms with Crippen LogP contribution in [-0.4, -0.2) is 11.7 Å². The molecule has 0 fully saturated rings. The number of aliphatic hydroxyl groups excluding tert-OH is 1. The van der Waals surface area contributed by atoms with Gasteiger partial charge >= 0.3 is 6.18 Å². The van der Waals surface area contributed by atoms with Crippen LogP contribution in [0.5, 0.6) is 0 Å². The molecule has 0 aliphatic heterocycles. The Balaban J connectivity index is 2.32. The summed E-state index contributed by atoms with van der Waals surface area (Å²) < 4.78 is 37.4. The van der Waals surface area contributed by atoms with Gasteiger partial charge in [-0.05, 0) is 54.5 Å². The number of hydrogen-bond acceptors (Lipinski definition) is 1. The first-order chi connectivity index (χ1) is 8.52. The minimum absolute atomic E-state index is 0.00362. The van der Waals surface area contributed by atoms with Crippen molar-refractivity contribution in [2.24, 2.45) is 0 Å². The number of alkyl halides is 3. The smallest absolute Gasteiger partial charge is 0.392 e. The first-order valence-electron chi connectivity index (χ1n) is 6.02. The molecule has 0 unspecified atom stereocenters. The molecular weight excluding hydrogens is 241 g/mol. The van der Waals surface area contributed by atoms with Crippen LogP contribution >= 0.6 is 0 Å². The molecule has 0 amide bonds. The molecule has 1 aliphatic rings. The molecule has 98 valence electrons. The molecule has 4 heteroatoms. The van der Waals surface area contributed by atoms with E-state index in [1.807, 2.05) is 0 Å². The van der Waals surface area contributed by atoms with Gasteiger partial charge in [-0.25, -0.2) is 0 Å². The van der Waals surface area contributed by atoms with Crippen LogP contribution in [0.3, 0.4) is 0 Å². The summed E-state index contributed by atoms with van der Waals surface area (Å²) in [7, 11) is 0. The monoisotopic (exact) mass is 256 g/mol. The van der Waals surface area contributed by atoms with Gasteiger partial charge in [0.05, 0.1) is 12.2 Å². The summed E-state index contributed by atoms with van der Waals surface area (Å²) in [6, 6.07) is 5.20. The molecule has 1 nitrogen and oxygen atoms in total. The Morgan fingerprint density at radius 1 is 1.00 bits per heavy atom. The van der Waals surface area contributed by atoms with E-state index in [9.17, 15) is 18.3 Å². The summed E-state index contributed by atoms with van der Waals surface area (Å²) >= 11 is 0. The highest BCUT2D eigenvalue weighted by Crippen LogP contribution is 2.34. The topological polar surface area (TPSA) is 20.2 Å². The molecule has 1 aliphatic carbocycles. The van der Waals surface area contributed by atoms with Gasteiger partial charge in [0.1, 0.15) is 0 Å². The zero-order valence-electron chi connectivity index (χ0n) is 9.93. The van der Waals surface area contributed by atoms with E-state index in [1.54, 1.807) is 0 Å². The van der Waals surface area contributed by atoms with Crippen molar-refractivity contribution in [1.82, 2.24) is 0 Å². The normalized spacial score (nSPS) is 17.1. The lowest BCUT2D eigenvalue weighted by molar-refractivity contribution is -0.137. The number of allylic oxidation sites excluding steroid dienone is 1. The molecule has 18 heavy (non-hydrogen) atoms. The Morgan fingerprint density at radius 2 is 1.61 bits per heavy atom. The number of hydrogen-bond donors (Lipinski definition) is 1. The number of aliphatic hydroxyl groups is 1. The van der Waals surface area contributed by atoms with E-state index in [0.717, 1.165) is 54.5 Å². The Morgan fingerprint density at radius 3 is 2.17 bits per heavy atom. The van der Waals surface area contributed by atoms with E-state index in [2.05, 4.69) is 0 Å². The average molecular weight is 256 g/mol. The van der Waals surface area contributed by atoms with E-state index in [4.69, 9.17) is 0 Å². The van der Waals surface area contributed by atoms with Crippen molar-refractivity contribution >= 4 is 5.57 Å². The van der Waals surface area contributed by atoms with Gasteiger partial charge in [0.2, 0.25) is 0 Å². The van der Waals surface area contributed by atoms with Crippen LogP contribution in [0, 0.1) is 0 Å². The second kappa shape index (κ2) is 5.14. The standard InChI is InChI=1S/C14H15F3O/c15-14(16,17)12-7-5-10(6-8-12)13-4-2-1-3-11(13)9-18/h5-8,18H,1-4,9H2. The molecule has 1 N–H and O–H groups in total. The van der Waals surface area contributed by atoms with Crippen LogP contribution in [0.25, 0.3) is 5.57 Å². The van der Waals surface area contributed by atoms with Crippen molar-refractivity contribution in [2.75, 3.05) is 6.61 Å². The first kappa shape index (κ1) is 13.1. The average Bonchev–Trinajstić information content (AvgIpc) is 2.38. The van der Waals surface area contributed by atoms with Gasteiger partial charge in [-0.1, -0.05) is 12.1 Å². The third-order valence-corrected chi connectivity index (χ3v) is 3.33. The molecule has 1 aromatic carbocycles. The molecule has 0 atom stereocenters. The van der Waals surface area contributed by atoms with E-state index in [-0.39, 0.29) is 6.61 Å². The van der Waals surface area contributed by atoms with Crippen LogP contribution < -0.4 is 0 Å². The van der Waals surface area contributed by atoms with E-state index >= 15 is 0 Å². The van der Waals surface area contributed by atoms with Crippen LogP contribution in [0.2, 0.25) is 0 Å². The van der Waals surface area contributed by atoms with Gasteiger partial charge in [0, 0.05) is 0 Å². The summed E-state index contributed by atoms with van der Waals surface area (Å²) in [4.78, 5) is 0. The highest BCUT2D eigenvalue weighted by Gasteiger charge is 2.30. The van der Waals surface area contributed by atoms with Crippen LogP contribution in [0.15, 0.2) is 29.8 Å². The third-order valence-electron chi connectivity index (χ3n) is 3.33. The summed E-state index contributed by atoms with van der Waals surface area (Å²) in [5, 5.41) is 9.27. The zero-order chi connectivity index (χ0) is 13.2. The van der Waals surface area contributed by atoms with Crippen molar-refractivity contribution < 1.29 is 18.3 Å². The lowest BCUT2D eigenvalue weighted by atomic mass is 9.87. The van der Waals surface area contributed by atoms with E-state index in [1.165, 1.54) is 12.1 Å². The fraction of sp³-hybridized carbons (Fsp3) is 0.429. The zero-order valence-corrected chi connectivity index (χ0v) is 9.93. The minimum Gasteiger partial charge on any atom is -0.392 e. The number of rotatable bonds is 2. The second-order valence-electron chi connectivity index (χ2n) is 4.52. The highest BCUT2D eigenvalue weighted by molar-refractivity contribution is 5.69. The number of halogens is 3. The highest BCUT2D eigenvalue weighted by atomic mass is 19.4. The van der Waals surface area contributed by atoms with E-state index < -0.39 is 11.7 Å². The lowest BCUT2D eigenvalue weighted by Crippen LogP contribution is -2.06. The molecule has 0 bridgehead atoms. The van der Waals surface area contributed by atoms with E-state index in [0.29, 0.717) is 0 Å². The maximum Gasteiger partial charge on any atom is 0.416 e. The SMILES string of the molecule is OCC1=C(c2ccc(C(F)(F)F)cc2)CCCC1. The van der Waals surface area contributed by atoms with Gasteiger partial charge in [0.15, 0.2) is 0 Å². The van der Waals surface area contributed by atoms with Crippen molar-refractivity contribution in [3.63, 3.8) is 0 Å². The minimum atomic E-state index is -4.29. The van der Waals surface area contributed by atoms with Gasteiger partial charge in [-0.15, -0.1) is 0 Å². The molecular formula is C14H15F3O. The summed E-state index contributed by atoms with van der Waals surface area (Å²) in [5.74, 6) is 0. The van der Waals surface area contributed by atoms with Crippen molar-refractivity contribution in [3.8, 4) is 0 Å². The Kier molecular flexibility index (Phi) is 3.76. The van der Waals surface area contributed by atoms with Gasteiger partial charge in [-0.2, -0.15) is 13.2 Å². The second-order valence-corrected chi connectivity index (χ2v) is 4.52. The summed E-state index contributed by atoms with van der Waals surface area (Å²) in [6.45, 7) is -0.00362. The predicted molar refractivity (Wildman–Crippen MR) is 63.9 cm³/mol. The quantitative estimate of drug-likeness (QED) is 0.847. The molecule has 1 aromatic rings. The summed E-state index contributed by atoms with van der Waals surface area (Å²) in [5.41, 5.74) is 2.14. The predicted octanol–water partition coefficient (Wildman–Crippen LogP) is 4.03. The third kappa shape index (κ3) is 2.75. The van der Waals surface area contributed by atoms with Crippen molar-refractivity contribution in [1.29, 1.82) is 0 Å². The molecule has 0 saturated carbocycles. The van der Waals surface area contributed by atoms with Crippen LogP contribution in [-0.2, 0) is 6.18 Å². The maximum atomic E-state index is 12.5. The molecule has 0 aromatic heterocycles.